The Morgan fingerprint density at radius 2 is 1.85 bits per heavy atom. The molecule has 1 aliphatic rings. The molecule has 2 aromatic carbocycles. The van der Waals surface area contributed by atoms with Gasteiger partial charge in [0.1, 0.15) is 11.3 Å². The van der Waals surface area contributed by atoms with Crippen LogP contribution in [0.5, 0.6) is 5.75 Å². The largest absolute Gasteiger partial charge is 0.497 e. The fraction of sp³-hybridized carbons (Fsp3) is 0.391. The summed E-state index contributed by atoms with van der Waals surface area (Å²) in [5.74, 6) is 0.795. The van der Waals surface area contributed by atoms with E-state index in [0.717, 1.165) is 25.7 Å². The van der Waals surface area contributed by atoms with Crippen LogP contribution in [0.2, 0.25) is 0 Å². The fourth-order valence-corrected chi connectivity index (χ4v) is 5.54. The third kappa shape index (κ3) is 6.20. The zero-order valence-electron chi connectivity index (χ0n) is 18.4. The molecule has 1 aliphatic carbocycles. The summed E-state index contributed by atoms with van der Waals surface area (Å²) in [4.78, 5) is 16.7. The number of rotatable bonds is 8. The molecule has 1 heterocycles. The summed E-state index contributed by atoms with van der Waals surface area (Å²) in [6, 6.07) is 11.3. The van der Waals surface area contributed by atoms with Gasteiger partial charge in [-0.1, -0.05) is 37.4 Å². The summed E-state index contributed by atoms with van der Waals surface area (Å²) in [5, 5.41) is 3.43. The Morgan fingerprint density at radius 1 is 1.12 bits per heavy atom. The Hall–Kier alpha value is -2.72. The van der Waals surface area contributed by atoms with Gasteiger partial charge in [0.2, 0.25) is 5.91 Å². The Bertz CT molecular complexity index is 1200. The van der Waals surface area contributed by atoms with Gasteiger partial charge in [-0.3, -0.25) is 9.52 Å². The van der Waals surface area contributed by atoms with Crippen molar-refractivity contribution in [3.63, 3.8) is 0 Å². The molecule has 0 saturated heterocycles. The second-order valence-corrected chi connectivity index (χ2v) is 10.6. The number of anilines is 1. The van der Waals surface area contributed by atoms with Gasteiger partial charge in [0.05, 0.1) is 17.8 Å². The van der Waals surface area contributed by atoms with E-state index in [2.05, 4.69) is 15.0 Å². The summed E-state index contributed by atoms with van der Waals surface area (Å²) in [6.45, 7) is 0. The number of aromatic nitrogens is 1. The van der Waals surface area contributed by atoms with Gasteiger partial charge in [-0.2, -0.15) is 0 Å². The molecule has 1 aromatic heterocycles. The number of sulfonamides is 1. The van der Waals surface area contributed by atoms with Gasteiger partial charge in [-0.15, -0.1) is 0 Å². The van der Waals surface area contributed by atoms with E-state index in [1.54, 1.807) is 37.4 Å². The number of fused-ring (bicyclic) bond motifs is 1. The van der Waals surface area contributed by atoms with Crippen molar-refractivity contribution >= 4 is 44.5 Å². The second kappa shape index (κ2) is 10.5. The first kappa shape index (κ1) is 23.4. The van der Waals surface area contributed by atoms with Crippen LogP contribution >= 0.6 is 11.8 Å². The van der Waals surface area contributed by atoms with Crippen molar-refractivity contribution < 1.29 is 22.4 Å². The number of hydrogen-bond donors (Lipinski definition) is 2. The molecule has 1 amide bonds. The number of oxazole rings is 1. The predicted molar refractivity (Wildman–Crippen MR) is 128 cm³/mol. The molecule has 1 fully saturated rings. The molecule has 33 heavy (non-hydrogen) atoms. The van der Waals surface area contributed by atoms with Crippen molar-refractivity contribution in [1.82, 2.24) is 10.3 Å². The van der Waals surface area contributed by atoms with Crippen LogP contribution in [0.1, 0.15) is 38.5 Å². The van der Waals surface area contributed by atoms with Gasteiger partial charge in [-0.05, 0) is 55.3 Å². The lowest BCUT2D eigenvalue weighted by Gasteiger charge is -2.15. The maximum absolute atomic E-state index is 12.8. The number of nitrogens with one attached hydrogen (secondary N) is 2. The molecule has 0 spiro atoms. The van der Waals surface area contributed by atoms with E-state index in [1.807, 2.05) is 0 Å². The first-order chi connectivity index (χ1) is 15.9. The lowest BCUT2D eigenvalue weighted by molar-refractivity contribution is -0.119. The van der Waals surface area contributed by atoms with Crippen LogP contribution in [0.25, 0.3) is 11.1 Å². The van der Waals surface area contributed by atoms with Crippen molar-refractivity contribution in [2.75, 3.05) is 17.6 Å². The molecule has 3 aromatic rings. The van der Waals surface area contributed by atoms with Gasteiger partial charge in [-0.25, -0.2) is 13.4 Å². The minimum absolute atomic E-state index is 0.0406. The van der Waals surface area contributed by atoms with Crippen LogP contribution in [0.3, 0.4) is 0 Å². The molecule has 0 radical (unpaired) electrons. The smallest absolute Gasteiger partial charge is 0.261 e. The van der Waals surface area contributed by atoms with Crippen LogP contribution in [-0.4, -0.2) is 38.2 Å². The average Bonchev–Trinajstić information content (AvgIpc) is 3.05. The molecule has 0 unspecified atom stereocenters. The van der Waals surface area contributed by atoms with Crippen molar-refractivity contribution in [1.29, 1.82) is 0 Å². The van der Waals surface area contributed by atoms with Gasteiger partial charge >= 0.3 is 0 Å². The van der Waals surface area contributed by atoms with Crippen molar-refractivity contribution in [3.8, 4) is 5.75 Å². The number of methoxy groups -OCH3 is 1. The Kier molecular flexibility index (Phi) is 7.44. The molecular formula is C23H27N3O5S2. The van der Waals surface area contributed by atoms with Crippen molar-refractivity contribution in [3.05, 3.63) is 42.5 Å². The van der Waals surface area contributed by atoms with Crippen molar-refractivity contribution in [2.45, 2.75) is 54.7 Å². The highest BCUT2D eigenvalue weighted by atomic mass is 32.2. The van der Waals surface area contributed by atoms with Crippen LogP contribution in [0.4, 0.5) is 5.69 Å². The van der Waals surface area contributed by atoms with Gasteiger partial charge in [0.25, 0.3) is 15.2 Å². The van der Waals surface area contributed by atoms with E-state index >= 15 is 0 Å². The molecule has 8 nitrogen and oxygen atoms in total. The highest BCUT2D eigenvalue weighted by molar-refractivity contribution is 7.99. The zero-order valence-corrected chi connectivity index (χ0v) is 20.0. The molecule has 10 heteroatoms. The molecular weight excluding hydrogens is 462 g/mol. The number of nitrogens with zero attached hydrogens (tertiary/aromatic N) is 1. The summed E-state index contributed by atoms with van der Waals surface area (Å²) < 4.78 is 38.9. The second-order valence-electron chi connectivity index (χ2n) is 7.99. The number of thioether (sulfide) groups is 1. The molecule has 1 saturated carbocycles. The Balaban J connectivity index is 1.39. The van der Waals surface area contributed by atoms with E-state index in [9.17, 15) is 13.2 Å². The topological polar surface area (TPSA) is 111 Å². The minimum Gasteiger partial charge on any atom is -0.497 e. The lowest BCUT2D eigenvalue weighted by Crippen LogP contribution is -2.35. The quantitative estimate of drug-likeness (QED) is 0.352. The molecule has 2 N–H and O–H groups in total. The number of ether oxygens (including phenoxy) is 1. The fourth-order valence-electron chi connectivity index (χ4n) is 3.81. The van der Waals surface area contributed by atoms with Crippen LogP contribution < -0.4 is 14.8 Å². The average molecular weight is 490 g/mol. The van der Waals surface area contributed by atoms with Crippen LogP contribution in [0, 0.1) is 0 Å². The van der Waals surface area contributed by atoms with Crippen LogP contribution in [0.15, 0.2) is 57.0 Å². The van der Waals surface area contributed by atoms with Gasteiger partial charge in [0, 0.05) is 11.7 Å². The maximum Gasteiger partial charge on any atom is 0.261 e. The molecule has 4 rings (SSSR count). The molecule has 0 bridgehead atoms. The third-order valence-electron chi connectivity index (χ3n) is 5.54. The summed E-state index contributed by atoms with van der Waals surface area (Å²) in [6.07, 6.45) is 6.83. The number of carbonyl (C=O) groups excluding carboxylic acids is 1. The summed E-state index contributed by atoms with van der Waals surface area (Å²) in [5.41, 5.74) is 1.30. The third-order valence-corrected chi connectivity index (χ3v) is 7.75. The molecule has 0 atom stereocenters. The number of carbonyl (C=O) groups is 1. The molecule has 0 aliphatic heterocycles. The van der Waals surface area contributed by atoms with Gasteiger partial charge < -0.3 is 14.5 Å². The van der Waals surface area contributed by atoms with E-state index in [0.29, 0.717) is 27.8 Å². The lowest BCUT2D eigenvalue weighted by atomic mass is 10.1. The molecule has 176 valence electrons. The SMILES string of the molecule is COc1ccc(NS(=O)(=O)c2ccc3oc(SCC(=O)NC4CCCCCC4)nc3c2)cc1. The normalized spacial score (nSPS) is 15.2. The first-order valence-electron chi connectivity index (χ1n) is 10.9. The van der Waals surface area contributed by atoms with Crippen molar-refractivity contribution in [2.24, 2.45) is 0 Å². The summed E-state index contributed by atoms with van der Waals surface area (Å²) in [7, 11) is -2.26. The van der Waals surface area contributed by atoms with Gasteiger partial charge in [0.15, 0.2) is 5.58 Å². The maximum atomic E-state index is 12.8. The number of benzene rings is 2. The van der Waals surface area contributed by atoms with E-state index in [1.165, 1.54) is 36.7 Å². The number of amides is 1. The predicted octanol–water partition coefficient (Wildman–Crippen LogP) is 4.57. The number of hydrogen-bond acceptors (Lipinski definition) is 7. The van der Waals surface area contributed by atoms with Crippen LogP contribution in [-0.2, 0) is 14.8 Å². The highest BCUT2D eigenvalue weighted by Gasteiger charge is 2.18. The van der Waals surface area contributed by atoms with E-state index in [-0.39, 0.29) is 22.6 Å². The van der Waals surface area contributed by atoms with E-state index in [4.69, 9.17) is 9.15 Å². The first-order valence-corrected chi connectivity index (χ1v) is 13.4. The Morgan fingerprint density at radius 3 is 2.55 bits per heavy atom. The monoisotopic (exact) mass is 489 g/mol. The minimum atomic E-state index is -3.80. The zero-order chi connectivity index (χ0) is 23.3. The summed E-state index contributed by atoms with van der Waals surface area (Å²) >= 11 is 1.20. The Labute approximate surface area is 197 Å². The van der Waals surface area contributed by atoms with E-state index < -0.39 is 10.0 Å². The standard InChI is InChI=1S/C23H27N3O5S2/c1-30-18-10-8-17(9-11-18)26-33(28,29)19-12-13-21-20(14-19)25-23(31-21)32-15-22(27)24-16-6-4-2-3-5-7-16/h8-14,16,26H,2-7,15H2,1H3,(H,24,27). The highest BCUT2D eigenvalue weighted by Crippen LogP contribution is 2.27.